The molecule has 0 spiro atoms. The van der Waals surface area contributed by atoms with Crippen molar-refractivity contribution in [3.63, 3.8) is 0 Å². The predicted molar refractivity (Wildman–Crippen MR) is 118 cm³/mol. The number of allylic oxidation sites excluding steroid dienone is 3. The molecule has 1 unspecified atom stereocenters. The minimum Gasteiger partial charge on any atom is -0.352 e. The van der Waals surface area contributed by atoms with Crippen molar-refractivity contribution in [2.24, 2.45) is 0 Å². The molecule has 29 heavy (non-hydrogen) atoms. The zero-order valence-corrected chi connectivity index (χ0v) is 17.7. The minimum atomic E-state index is -0.307. The monoisotopic (exact) mass is 420 g/mol. The fraction of sp³-hybridized carbons (Fsp3) is 0.250. The highest BCUT2D eigenvalue weighted by molar-refractivity contribution is 8.02. The minimum absolute atomic E-state index is 0.146. The topological polar surface area (TPSA) is 52.9 Å². The Balaban J connectivity index is 1.75. The van der Waals surface area contributed by atoms with Gasteiger partial charge in [0.05, 0.1) is 22.6 Å². The Bertz CT molecular complexity index is 1060. The predicted octanol–water partition coefficient (Wildman–Crippen LogP) is 6.01. The summed E-state index contributed by atoms with van der Waals surface area (Å²) in [6.45, 7) is 2.04. The highest BCUT2D eigenvalue weighted by Crippen LogP contribution is 2.44. The average Bonchev–Trinajstić information content (AvgIpc) is 2.73. The van der Waals surface area contributed by atoms with E-state index < -0.39 is 0 Å². The van der Waals surface area contributed by atoms with Crippen LogP contribution in [-0.4, -0.2) is 5.78 Å². The lowest BCUT2D eigenvalue weighted by atomic mass is 9.77. The Labute approximate surface area is 180 Å². The van der Waals surface area contributed by atoms with Crippen molar-refractivity contribution in [2.45, 2.75) is 37.9 Å². The van der Waals surface area contributed by atoms with E-state index in [1.54, 1.807) is 11.8 Å². The van der Waals surface area contributed by atoms with Crippen LogP contribution in [0.2, 0.25) is 5.02 Å². The Morgan fingerprint density at radius 1 is 1.17 bits per heavy atom. The van der Waals surface area contributed by atoms with Gasteiger partial charge in [0.2, 0.25) is 0 Å². The van der Waals surface area contributed by atoms with Crippen molar-refractivity contribution in [1.29, 1.82) is 5.26 Å². The average molecular weight is 421 g/mol. The van der Waals surface area contributed by atoms with Crippen molar-refractivity contribution in [3.05, 3.63) is 92.1 Å². The second-order valence-corrected chi connectivity index (χ2v) is 8.77. The number of ketones is 1. The van der Waals surface area contributed by atoms with Gasteiger partial charge in [0.1, 0.15) is 0 Å². The first kappa shape index (κ1) is 19.8. The van der Waals surface area contributed by atoms with Crippen molar-refractivity contribution in [3.8, 4) is 6.07 Å². The van der Waals surface area contributed by atoms with Gasteiger partial charge in [0.15, 0.2) is 5.78 Å². The van der Waals surface area contributed by atoms with Gasteiger partial charge in [-0.3, -0.25) is 4.79 Å². The zero-order chi connectivity index (χ0) is 20.4. The SMILES string of the molecule is Cc1ccc(C2C(C#N)=C(SCc3ccccc3Cl)NC3=C2C(=O)CCC3)cc1. The third-order valence-corrected chi connectivity index (χ3v) is 6.84. The van der Waals surface area contributed by atoms with E-state index in [1.807, 2.05) is 55.5 Å². The number of nitrogens with one attached hydrogen (secondary N) is 1. The Morgan fingerprint density at radius 3 is 2.66 bits per heavy atom. The number of nitrogens with zero attached hydrogens (tertiary/aromatic N) is 1. The molecule has 1 heterocycles. The quantitative estimate of drug-likeness (QED) is 0.657. The van der Waals surface area contributed by atoms with Gasteiger partial charge in [0.25, 0.3) is 0 Å². The Morgan fingerprint density at radius 2 is 1.93 bits per heavy atom. The van der Waals surface area contributed by atoms with Gasteiger partial charge in [-0.2, -0.15) is 5.26 Å². The molecule has 2 aromatic rings. The number of nitriles is 1. The summed E-state index contributed by atoms with van der Waals surface area (Å²) in [5.41, 5.74) is 5.51. The van der Waals surface area contributed by atoms with Crippen LogP contribution < -0.4 is 5.32 Å². The molecule has 5 heteroatoms. The molecule has 2 aromatic carbocycles. The fourth-order valence-electron chi connectivity index (χ4n) is 3.89. The van der Waals surface area contributed by atoms with Crippen LogP contribution in [0, 0.1) is 18.3 Å². The number of aryl methyl sites for hydroxylation is 1. The summed E-state index contributed by atoms with van der Waals surface area (Å²) in [5.74, 6) is 0.496. The van der Waals surface area contributed by atoms with Crippen LogP contribution >= 0.6 is 23.4 Å². The van der Waals surface area contributed by atoms with Crippen LogP contribution in [0.4, 0.5) is 0 Å². The summed E-state index contributed by atoms with van der Waals surface area (Å²) in [6.07, 6.45) is 2.22. The van der Waals surface area contributed by atoms with E-state index >= 15 is 0 Å². The normalized spacial score (nSPS) is 18.9. The van der Waals surface area contributed by atoms with E-state index in [9.17, 15) is 10.1 Å². The molecule has 0 aromatic heterocycles. The summed E-state index contributed by atoms with van der Waals surface area (Å²) < 4.78 is 0. The summed E-state index contributed by atoms with van der Waals surface area (Å²) in [4.78, 5) is 12.8. The first-order chi connectivity index (χ1) is 14.1. The number of carbonyl (C=O) groups is 1. The molecule has 2 aliphatic rings. The summed E-state index contributed by atoms with van der Waals surface area (Å²) in [5, 5.41) is 15.0. The highest BCUT2D eigenvalue weighted by atomic mass is 35.5. The maximum absolute atomic E-state index is 12.8. The Kier molecular flexibility index (Phi) is 5.80. The van der Waals surface area contributed by atoms with Gasteiger partial charge in [0, 0.05) is 28.5 Å². The number of carbonyl (C=O) groups excluding carboxylic acids is 1. The first-order valence-corrected chi connectivity index (χ1v) is 11.0. The van der Waals surface area contributed by atoms with Gasteiger partial charge in [-0.05, 0) is 37.0 Å². The van der Waals surface area contributed by atoms with Crippen molar-refractivity contribution >= 4 is 29.1 Å². The number of hydrogen-bond acceptors (Lipinski definition) is 4. The van der Waals surface area contributed by atoms with Crippen molar-refractivity contribution < 1.29 is 4.79 Å². The molecule has 1 atom stereocenters. The lowest BCUT2D eigenvalue weighted by Crippen LogP contribution is -2.31. The van der Waals surface area contributed by atoms with Gasteiger partial charge in [-0.15, -0.1) is 11.8 Å². The van der Waals surface area contributed by atoms with Gasteiger partial charge in [-0.25, -0.2) is 0 Å². The van der Waals surface area contributed by atoms with Gasteiger partial charge < -0.3 is 5.32 Å². The molecule has 1 N–H and O–H groups in total. The third kappa shape index (κ3) is 3.99. The standard InChI is InChI=1S/C24H21ClN2OS/c1-15-9-11-16(12-10-15)22-18(13-26)24(27-20-7-4-8-21(28)23(20)22)29-14-17-5-2-3-6-19(17)25/h2-3,5-6,9-12,22,27H,4,7-8,14H2,1H3. The molecule has 0 saturated heterocycles. The molecular formula is C24H21ClN2OS. The molecule has 0 fully saturated rings. The molecule has 0 radical (unpaired) electrons. The molecule has 0 amide bonds. The second kappa shape index (κ2) is 8.49. The molecule has 0 saturated carbocycles. The molecule has 0 bridgehead atoms. The number of dihydropyridines is 1. The summed E-state index contributed by atoms with van der Waals surface area (Å²) in [6, 6.07) is 18.3. The van der Waals surface area contributed by atoms with Crippen LogP contribution in [0.5, 0.6) is 0 Å². The maximum atomic E-state index is 12.8. The van der Waals surface area contributed by atoms with E-state index in [1.165, 1.54) is 0 Å². The lowest BCUT2D eigenvalue weighted by Gasteiger charge is -2.33. The summed E-state index contributed by atoms with van der Waals surface area (Å²) >= 11 is 7.88. The summed E-state index contributed by atoms with van der Waals surface area (Å²) in [7, 11) is 0. The van der Waals surface area contributed by atoms with Crippen LogP contribution in [0.3, 0.4) is 0 Å². The van der Waals surface area contributed by atoms with E-state index in [4.69, 9.17) is 11.6 Å². The van der Waals surface area contributed by atoms with Crippen molar-refractivity contribution in [2.75, 3.05) is 0 Å². The molecular weight excluding hydrogens is 400 g/mol. The van der Waals surface area contributed by atoms with E-state index in [0.717, 1.165) is 50.9 Å². The van der Waals surface area contributed by atoms with E-state index in [0.29, 0.717) is 17.7 Å². The van der Waals surface area contributed by atoms with Crippen LogP contribution in [0.1, 0.15) is 41.9 Å². The van der Waals surface area contributed by atoms with E-state index in [-0.39, 0.29) is 11.7 Å². The second-order valence-electron chi connectivity index (χ2n) is 7.37. The number of Topliss-reactive ketones (excluding diaryl/α,β-unsaturated/α-hetero) is 1. The number of hydrogen-bond donors (Lipinski definition) is 1. The van der Waals surface area contributed by atoms with E-state index in [2.05, 4.69) is 11.4 Å². The molecule has 146 valence electrons. The number of halogens is 1. The molecule has 1 aliphatic heterocycles. The molecule has 1 aliphatic carbocycles. The first-order valence-electron chi connectivity index (χ1n) is 9.68. The fourth-order valence-corrected chi connectivity index (χ4v) is 5.24. The van der Waals surface area contributed by atoms with Crippen LogP contribution in [-0.2, 0) is 10.5 Å². The third-order valence-electron chi connectivity index (χ3n) is 5.40. The number of thioether (sulfide) groups is 1. The number of rotatable bonds is 4. The smallest absolute Gasteiger partial charge is 0.161 e. The maximum Gasteiger partial charge on any atom is 0.161 e. The lowest BCUT2D eigenvalue weighted by molar-refractivity contribution is -0.116. The van der Waals surface area contributed by atoms with Crippen LogP contribution in [0.25, 0.3) is 0 Å². The zero-order valence-electron chi connectivity index (χ0n) is 16.2. The van der Waals surface area contributed by atoms with Gasteiger partial charge in [-0.1, -0.05) is 59.6 Å². The van der Waals surface area contributed by atoms with Crippen LogP contribution in [0.15, 0.2) is 70.4 Å². The molecule has 3 nitrogen and oxygen atoms in total. The van der Waals surface area contributed by atoms with Crippen molar-refractivity contribution in [1.82, 2.24) is 5.32 Å². The Hall–Kier alpha value is -2.48. The largest absolute Gasteiger partial charge is 0.352 e. The number of benzene rings is 2. The van der Waals surface area contributed by atoms with Gasteiger partial charge >= 0.3 is 0 Å². The highest BCUT2D eigenvalue weighted by Gasteiger charge is 2.36. The molecule has 4 rings (SSSR count).